The first-order valence-corrected chi connectivity index (χ1v) is 7.23. The van der Waals surface area contributed by atoms with Crippen LogP contribution in [-0.4, -0.2) is 23.4 Å². The highest BCUT2D eigenvalue weighted by molar-refractivity contribution is 6.32. The van der Waals surface area contributed by atoms with Crippen molar-refractivity contribution in [3.05, 3.63) is 27.8 Å². The number of rotatable bonds is 3. The quantitative estimate of drug-likeness (QED) is 0.900. The van der Waals surface area contributed by atoms with Crippen molar-refractivity contribution < 1.29 is 19.4 Å². The van der Waals surface area contributed by atoms with Crippen LogP contribution in [0.15, 0.2) is 6.07 Å². The Hall–Kier alpha value is -1.46. The maximum absolute atomic E-state index is 11.7. The maximum atomic E-state index is 11.7. The number of fused-ring (bicyclic) bond motifs is 1. The Balaban J connectivity index is 2.14. The Morgan fingerprint density at radius 3 is 2.86 bits per heavy atom. The van der Waals surface area contributed by atoms with Gasteiger partial charge in [-0.25, -0.2) is 4.79 Å². The fourth-order valence-corrected chi connectivity index (χ4v) is 2.59. The molecule has 0 unspecified atom stereocenters. The number of hydrogen-bond acceptors (Lipinski definition) is 4. The fourth-order valence-electron chi connectivity index (χ4n) is 2.29. The lowest BCUT2D eigenvalue weighted by Crippen LogP contribution is -2.32. The molecule has 0 fully saturated rings. The smallest absolute Gasteiger partial charge is 0.407 e. The summed E-state index contributed by atoms with van der Waals surface area (Å²) in [4.78, 5) is 11.7. The van der Waals surface area contributed by atoms with Gasteiger partial charge in [-0.2, -0.15) is 0 Å². The molecule has 0 saturated heterocycles. The second-order valence-electron chi connectivity index (χ2n) is 5.92. The highest BCUT2D eigenvalue weighted by atomic mass is 35.5. The first kappa shape index (κ1) is 15.9. The number of halogens is 1. The molecule has 21 heavy (non-hydrogen) atoms. The molecule has 1 aromatic carbocycles. The number of benzene rings is 1. The normalized spacial score (nSPS) is 13.6. The minimum absolute atomic E-state index is 0.117. The minimum atomic E-state index is -0.548. The predicted molar refractivity (Wildman–Crippen MR) is 79.6 cm³/mol. The van der Waals surface area contributed by atoms with Crippen molar-refractivity contribution in [3.63, 3.8) is 0 Å². The van der Waals surface area contributed by atoms with Gasteiger partial charge in [-0.15, -0.1) is 0 Å². The SMILES string of the molecule is CC(C)(C)OC(=O)NCc1cc(Cl)c2c(c1CO)CCO2. The molecule has 0 saturated carbocycles. The van der Waals surface area contributed by atoms with Crippen LogP contribution in [0, 0.1) is 0 Å². The van der Waals surface area contributed by atoms with E-state index in [0.717, 1.165) is 16.7 Å². The fraction of sp³-hybridized carbons (Fsp3) is 0.533. The van der Waals surface area contributed by atoms with E-state index >= 15 is 0 Å². The van der Waals surface area contributed by atoms with E-state index in [-0.39, 0.29) is 13.2 Å². The summed E-state index contributed by atoms with van der Waals surface area (Å²) in [5, 5.41) is 12.8. The van der Waals surface area contributed by atoms with Crippen LogP contribution >= 0.6 is 11.6 Å². The van der Waals surface area contributed by atoms with Gasteiger partial charge in [-0.3, -0.25) is 0 Å². The summed E-state index contributed by atoms with van der Waals surface area (Å²) in [6.45, 7) is 6.09. The average Bonchev–Trinajstić information content (AvgIpc) is 2.84. The molecule has 0 aromatic heterocycles. The van der Waals surface area contributed by atoms with E-state index in [1.807, 2.05) is 0 Å². The van der Waals surface area contributed by atoms with E-state index in [0.29, 0.717) is 23.8 Å². The molecule has 2 N–H and O–H groups in total. The van der Waals surface area contributed by atoms with Crippen LogP contribution < -0.4 is 10.1 Å². The van der Waals surface area contributed by atoms with E-state index in [1.54, 1.807) is 26.8 Å². The second-order valence-corrected chi connectivity index (χ2v) is 6.32. The summed E-state index contributed by atoms with van der Waals surface area (Å²) < 4.78 is 10.6. The molecule has 1 amide bonds. The summed E-state index contributed by atoms with van der Waals surface area (Å²) in [6.07, 6.45) is 0.213. The molecular weight excluding hydrogens is 294 g/mol. The van der Waals surface area contributed by atoms with Gasteiger partial charge in [-0.1, -0.05) is 11.6 Å². The Bertz CT molecular complexity index is 552. The van der Waals surface area contributed by atoms with E-state index in [4.69, 9.17) is 21.1 Å². The van der Waals surface area contributed by atoms with Crippen LogP contribution in [0.1, 0.15) is 37.5 Å². The number of ether oxygens (including phenoxy) is 2. The second kappa shape index (κ2) is 6.12. The third-order valence-electron chi connectivity index (χ3n) is 3.12. The summed E-state index contributed by atoms with van der Waals surface area (Å²) >= 11 is 6.17. The number of alkyl carbamates (subject to hydrolysis) is 1. The Labute approximate surface area is 129 Å². The van der Waals surface area contributed by atoms with Gasteiger partial charge in [0.1, 0.15) is 11.4 Å². The lowest BCUT2D eigenvalue weighted by molar-refractivity contribution is 0.0523. The van der Waals surface area contributed by atoms with Gasteiger partial charge >= 0.3 is 6.09 Å². The molecule has 1 aliphatic heterocycles. The number of aliphatic hydroxyl groups is 1. The van der Waals surface area contributed by atoms with Crippen molar-refractivity contribution in [1.29, 1.82) is 0 Å². The minimum Gasteiger partial charge on any atom is -0.491 e. The molecular formula is C15H20ClNO4. The maximum Gasteiger partial charge on any atom is 0.407 e. The number of amides is 1. The van der Waals surface area contributed by atoms with Gasteiger partial charge in [0.05, 0.1) is 18.2 Å². The standard InChI is InChI=1S/C15H20ClNO4/c1-15(2,3)21-14(19)17-7-9-6-12(16)13-10(4-5-20-13)11(9)8-18/h6,18H,4-5,7-8H2,1-3H3,(H,17,19). The highest BCUT2D eigenvalue weighted by Crippen LogP contribution is 2.37. The largest absolute Gasteiger partial charge is 0.491 e. The monoisotopic (exact) mass is 313 g/mol. The van der Waals surface area contributed by atoms with E-state index in [9.17, 15) is 9.90 Å². The van der Waals surface area contributed by atoms with Gasteiger partial charge in [0.15, 0.2) is 0 Å². The van der Waals surface area contributed by atoms with E-state index in [2.05, 4.69) is 5.32 Å². The first-order chi connectivity index (χ1) is 9.81. The van der Waals surface area contributed by atoms with Crippen LogP contribution in [-0.2, 0) is 24.3 Å². The molecule has 0 atom stereocenters. The molecule has 1 heterocycles. The molecule has 0 spiro atoms. The molecule has 0 aliphatic carbocycles. The molecule has 116 valence electrons. The van der Waals surface area contributed by atoms with Crippen molar-refractivity contribution >= 4 is 17.7 Å². The Kier molecular flexibility index (Phi) is 4.64. The zero-order valence-corrected chi connectivity index (χ0v) is 13.2. The van der Waals surface area contributed by atoms with Gasteiger partial charge in [0.25, 0.3) is 0 Å². The summed E-state index contributed by atoms with van der Waals surface area (Å²) in [5.74, 6) is 0.640. The van der Waals surface area contributed by atoms with Crippen LogP contribution in [0.3, 0.4) is 0 Å². The third-order valence-corrected chi connectivity index (χ3v) is 3.40. The van der Waals surface area contributed by atoms with E-state index in [1.165, 1.54) is 0 Å². The molecule has 0 bridgehead atoms. The van der Waals surface area contributed by atoms with E-state index < -0.39 is 11.7 Å². The highest BCUT2D eigenvalue weighted by Gasteiger charge is 2.23. The van der Waals surface area contributed by atoms with Crippen LogP contribution in [0.4, 0.5) is 4.79 Å². The van der Waals surface area contributed by atoms with Crippen molar-refractivity contribution in [2.45, 2.75) is 45.9 Å². The molecule has 1 aliphatic rings. The molecule has 0 radical (unpaired) electrons. The van der Waals surface area contributed by atoms with Gasteiger partial charge in [0.2, 0.25) is 0 Å². The number of carbonyl (C=O) groups excluding carboxylic acids is 1. The van der Waals surface area contributed by atoms with Crippen molar-refractivity contribution in [3.8, 4) is 5.75 Å². The molecule has 1 aromatic rings. The summed E-state index contributed by atoms with van der Waals surface area (Å²) in [7, 11) is 0. The van der Waals surface area contributed by atoms with Crippen molar-refractivity contribution in [1.82, 2.24) is 5.32 Å². The predicted octanol–water partition coefficient (Wildman–Crippen LogP) is 2.79. The summed E-state index contributed by atoms with van der Waals surface area (Å²) in [6, 6.07) is 1.72. The van der Waals surface area contributed by atoms with Gasteiger partial charge in [0, 0.05) is 18.5 Å². The number of aliphatic hydroxyl groups excluding tert-OH is 1. The van der Waals surface area contributed by atoms with Gasteiger partial charge < -0.3 is 19.9 Å². The number of nitrogens with one attached hydrogen (secondary N) is 1. The van der Waals surface area contributed by atoms with Crippen LogP contribution in [0.25, 0.3) is 0 Å². The van der Waals surface area contributed by atoms with Crippen molar-refractivity contribution in [2.75, 3.05) is 6.61 Å². The number of carbonyl (C=O) groups is 1. The molecule has 2 rings (SSSR count). The topological polar surface area (TPSA) is 67.8 Å². The Morgan fingerprint density at radius 1 is 1.52 bits per heavy atom. The lowest BCUT2D eigenvalue weighted by atomic mass is 9.99. The van der Waals surface area contributed by atoms with Crippen LogP contribution in [0.2, 0.25) is 5.02 Å². The lowest BCUT2D eigenvalue weighted by Gasteiger charge is -2.20. The zero-order valence-electron chi connectivity index (χ0n) is 12.5. The number of hydrogen-bond donors (Lipinski definition) is 2. The Morgan fingerprint density at radius 2 is 2.24 bits per heavy atom. The summed E-state index contributed by atoms with van der Waals surface area (Å²) in [5.41, 5.74) is 1.92. The zero-order chi connectivity index (χ0) is 15.6. The van der Waals surface area contributed by atoms with Crippen molar-refractivity contribution in [2.24, 2.45) is 0 Å². The molecule has 6 heteroatoms. The average molecular weight is 314 g/mol. The van der Waals surface area contributed by atoms with Crippen LogP contribution in [0.5, 0.6) is 5.75 Å². The first-order valence-electron chi connectivity index (χ1n) is 6.85. The van der Waals surface area contributed by atoms with Gasteiger partial charge in [-0.05, 0) is 38.0 Å². The third kappa shape index (κ3) is 3.80. The molecule has 5 nitrogen and oxygen atoms in total.